The Labute approximate surface area is 88.8 Å². The molecule has 0 saturated heterocycles. The third kappa shape index (κ3) is 1.88. The van der Waals surface area contributed by atoms with Crippen molar-refractivity contribution in [3.8, 4) is 0 Å². The molecule has 1 heterocycles. The molecule has 0 bridgehead atoms. The van der Waals surface area contributed by atoms with Gasteiger partial charge in [0.2, 0.25) is 0 Å². The molecule has 0 radical (unpaired) electrons. The number of aliphatic hydroxyl groups is 1. The monoisotopic (exact) mass is 227 g/mol. The smallest absolute Gasteiger partial charge is 0.165 e. The summed E-state index contributed by atoms with van der Waals surface area (Å²) in [4.78, 5) is 3.84. The molecule has 1 N–H and O–H groups in total. The Morgan fingerprint density at radius 1 is 1.33 bits per heavy atom. The maximum absolute atomic E-state index is 13.3. The molecule has 1 aromatic carbocycles. The molecule has 5 heteroatoms. The number of halogens is 2. The molecular weight excluding hydrogens is 220 g/mol. The van der Waals surface area contributed by atoms with E-state index in [1.54, 1.807) is 5.38 Å². The predicted octanol–water partition coefficient (Wildman–Crippen LogP) is 2.50. The van der Waals surface area contributed by atoms with E-state index >= 15 is 0 Å². The van der Waals surface area contributed by atoms with Gasteiger partial charge < -0.3 is 5.11 Å². The largest absolute Gasteiger partial charge is 0.382 e. The standard InChI is InChI=1S/C10H7F2NOS/c11-7-3-1-2-6(9(7)12)10(14)8-4-15-5-13-8/h1-5,10,14H. The number of aliphatic hydroxyl groups excluding tert-OH is 1. The molecule has 78 valence electrons. The molecule has 0 saturated carbocycles. The molecule has 0 fully saturated rings. The predicted molar refractivity (Wildman–Crippen MR) is 52.5 cm³/mol. The molecule has 0 aliphatic heterocycles. The summed E-state index contributed by atoms with van der Waals surface area (Å²) in [7, 11) is 0. The van der Waals surface area contributed by atoms with E-state index in [0.717, 1.165) is 6.07 Å². The highest BCUT2D eigenvalue weighted by atomic mass is 32.1. The van der Waals surface area contributed by atoms with Crippen LogP contribution in [0.25, 0.3) is 0 Å². The van der Waals surface area contributed by atoms with Crippen molar-refractivity contribution in [2.75, 3.05) is 0 Å². The lowest BCUT2D eigenvalue weighted by Crippen LogP contribution is -2.04. The van der Waals surface area contributed by atoms with Gasteiger partial charge in [0.15, 0.2) is 11.6 Å². The van der Waals surface area contributed by atoms with Crippen LogP contribution >= 0.6 is 11.3 Å². The zero-order valence-electron chi connectivity index (χ0n) is 7.52. The van der Waals surface area contributed by atoms with Gasteiger partial charge in [0.25, 0.3) is 0 Å². The van der Waals surface area contributed by atoms with Gasteiger partial charge in [-0.1, -0.05) is 12.1 Å². The van der Waals surface area contributed by atoms with E-state index in [1.807, 2.05) is 0 Å². The first-order valence-corrected chi connectivity index (χ1v) is 5.14. The summed E-state index contributed by atoms with van der Waals surface area (Å²) < 4.78 is 26.2. The minimum Gasteiger partial charge on any atom is -0.382 e. The zero-order chi connectivity index (χ0) is 10.8. The normalized spacial score (nSPS) is 12.7. The lowest BCUT2D eigenvalue weighted by Gasteiger charge is -2.09. The van der Waals surface area contributed by atoms with Crippen LogP contribution in [0.3, 0.4) is 0 Å². The lowest BCUT2D eigenvalue weighted by molar-refractivity contribution is 0.209. The Balaban J connectivity index is 2.42. The van der Waals surface area contributed by atoms with Crippen LogP contribution in [0.1, 0.15) is 17.4 Å². The van der Waals surface area contributed by atoms with E-state index in [9.17, 15) is 13.9 Å². The second-order valence-corrected chi connectivity index (χ2v) is 3.68. The number of benzene rings is 1. The van der Waals surface area contributed by atoms with Gasteiger partial charge in [-0.25, -0.2) is 13.8 Å². The summed E-state index contributed by atoms with van der Waals surface area (Å²) in [5.74, 6) is -2.00. The highest BCUT2D eigenvalue weighted by molar-refractivity contribution is 7.07. The second kappa shape index (κ2) is 4.04. The van der Waals surface area contributed by atoms with Gasteiger partial charge in [0.05, 0.1) is 11.2 Å². The minimum atomic E-state index is -1.22. The maximum atomic E-state index is 13.3. The highest BCUT2D eigenvalue weighted by Crippen LogP contribution is 2.25. The van der Waals surface area contributed by atoms with Gasteiger partial charge in [0, 0.05) is 10.9 Å². The molecule has 1 unspecified atom stereocenters. The van der Waals surface area contributed by atoms with Crippen LogP contribution in [0.2, 0.25) is 0 Å². The van der Waals surface area contributed by atoms with Crippen LogP contribution in [0.4, 0.5) is 8.78 Å². The first-order chi connectivity index (χ1) is 7.20. The van der Waals surface area contributed by atoms with Gasteiger partial charge in [-0.3, -0.25) is 0 Å². The van der Waals surface area contributed by atoms with Crippen LogP contribution < -0.4 is 0 Å². The summed E-state index contributed by atoms with van der Waals surface area (Å²) >= 11 is 1.29. The van der Waals surface area contributed by atoms with Crippen LogP contribution in [0.15, 0.2) is 29.1 Å². The molecule has 1 atom stereocenters. The maximum Gasteiger partial charge on any atom is 0.165 e. The Morgan fingerprint density at radius 2 is 2.13 bits per heavy atom. The van der Waals surface area contributed by atoms with Crippen molar-refractivity contribution < 1.29 is 13.9 Å². The van der Waals surface area contributed by atoms with Crippen molar-refractivity contribution in [1.29, 1.82) is 0 Å². The summed E-state index contributed by atoms with van der Waals surface area (Å²) in [6, 6.07) is 3.69. The number of nitrogens with zero attached hydrogens (tertiary/aromatic N) is 1. The molecule has 1 aromatic heterocycles. The van der Waals surface area contributed by atoms with Crippen molar-refractivity contribution in [3.05, 3.63) is 52.0 Å². The van der Waals surface area contributed by atoms with E-state index in [1.165, 1.54) is 29.0 Å². The van der Waals surface area contributed by atoms with Crippen molar-refractivity contribution in [3.63, 3.8) is 0 Å². The molecule has 0 spiro atoms. The fourth-order valence-electron chi connectivity index (χ4n) is 1.25. The second-order valence-electron chi connectivity index (χ2n) is 2.96. The van der Waals surface area contributed by atoms with Crippen molar-refractivity contribution in [2.45, 2.75) is 6.10 Å². The number of aromatic nitrogens is 1. The van der Waals surface area contributed by atoms with E-state index in [0.29, 0.717) is 5.69 Å². The van der Waals surface area contributed by atoms with Crippen molar-refractivity contribution in [1.82, 2.24) is 4.98 Å². The minimum absolute atomic E-state index is 0.0964. The average Bonchev–Trinajstić information content (AvgIpc) is 2.74. The first-order valence-electron chi connectivity index (χ1n) is 4.20. The molecule has 15 heavy (non-hydrogen) atoms. The average molecular weight is 227 g/mol. The number of hydrogen-bond donors (Lipinski definition) is 1. The van der Waals surface area contributed by atoms with Gasteiger partial charge in [-0.15, -0.1) is 11.3 Å². The molecule has 2 nitrogen and oxygen atoms in total. The van der Waals surface area contributed by atoms with Gasteiger partial charge in [-0.2, -0.15) is 0 Å². The number of hydrogen-bond acceptors (Lipinski definition) is 3. The topological polar surface area (TPSA) is 33.1 Å². The highest BCUT2D eigenvalue weighted by Gasteiger charge is 2.18. The Hall–Kier alpha value is -1.33. The van der Waals surface area contributed by atoms with Crippen LogP contribution in [-0.4, -0.2) is 10.1 Å². The fourth-order valence-corrected chi connectivity index (χ4v) is 1.82. The Morgan fingerprint density at radius 3 is 2.80 bits per heavy atom. The molecular formula is C10H7F2NOS. The van der Waals surface area contributed by atoms with Gasteiger partial charge in [-0.05, 0) is 6.07 Å². The number of rotatable bonds is 2. The fraction of sp³-hybridized carbons (Fsp3) is 0.100. The molecule has 0 amide bonds. The van der Waals surface area contributed by atoms with Crippen molar-refractivity contribution >= 4 is 11.3 Å². The van der Waals surface area contributed by atoms with E-state index in [4.69, 9.17) is 0 Å². The SMILES string of the molecule is OC(c1cscn1)c1cccc(F)c1F. The zero-order valence-corrected chi connectivity index (χ0v) is 8.34. The van der Waals surface area contributed by atoms with Crippen LogP contribution in [-0.2, 0) is 0 Å². The van der Waals surface area contributed by atoms with Gasteiger partial charge in [0.1, 0.15) is 6.10 Å². The lowest BCUT2D eigenvalue weighted by atomic mass is 10.1. The summed E-state index contributed by atoms with van der Waals surface area (Å²) in [5, 5.41) is 11.3. The van der Waals surface area contributed by atoms with Crippen molar-refractivity contribution in [2.24, 2.45) is 0 Å². The third-order valence-corrected chi connectivity index (χ3v) is 2.61. The third-order valence-electron chi connectivity index (χ3n) is 2.01. The van der Waals surface area contributed by atoms with E-state index in [2.05, 4.69) is 4.98 Å². The summed E-state index contributed by atoms with van der Waals surface area (Å²) in [6.07, 6.45) is -1.22. The quantitative estimate of drug-likeness (QED) is 0.855. The molecule has 0 aliphatic carbocycles. The Bertz CT molecular complexity index is 458. The summed E-state index contributed by atoms with van der Waals surface area (Å²) in [5.41, 5.74) is 1.75. The summed E-state index contributed by atoms with van der Waals surface area (Å²) in [6.45, 7) is 0. The van der Waals surface area contributed by atoms with Gasteiger partial charge >= 0.3 is 0 Å². The number of thiazole rings is 1. The van der Waals surface area contributed by atoms with E-state index < -0.39 is 17.7 Å². The molecule has 2 rings (SSSR count). The molecule has 0 aliphatic rings. The van der Waals surface area contributed by atoms with E-state index in [-0.39, 0.29) is 5.56 Å². The van der Waals surface area contributed by atoms with Crippen LogP contribution in [0.5, 0.6) is 0 Å². The first kappa shape index (κ1) is 10.2. The Kier molecular flexibility index (Phi) is 2.75. The molecule has 2 aromatic rings. The van der Waals surface area contributed by atoms with Crippen LogP contribution in [0, 0.1) is 11.6 Å².